The Hall–Kier alpha value is -3.07. The molecule has 0 bridgehead atoms. The Morgan fingerprint density at radius 1 is 1.12 bits per heavy atom. The van der Waals surface area contributed by atoms with E-state index in [9.17, 15) is 9.59 Å². The third-order valence-electron chi connectivity index (χ3n) is 3.47. The topological polar surface area (TPSA) is 108 Å². The fraction of sp³-hybridized carbons (Fsp3) is 0.250. The van der Waals surface area contributed by atoms with Crippen molar-refractivity contribution in [1.82, 2.24) is 35.3 Å². The summed E-state index contributed by atoms with van der Waals surface area (Å²) >= 11 is 5.24. The summed E-state index contributed by atoms with van der Waals surface area (Å²) in [7, 11) is 0. The minimum atomic E-state index is -0.418. The molecule has 2 aromatic heterocycles. The quantitative estimate of drug-likeness (QED) is 0.471. The molecule has 3 rings (SSSR count). The molecule has 0 aliphatic rings. The lowest BCUT2D eigenvalue weighted by Crippen LogP contribution is -2.25. The molecule has 1 amide bonds. The second-order valence-corrected chi connectivity index (χ2v) is 5.87. The average molecular weight is 374 g/mol. The van der Waals surface area contributed by atoms with Gasteiger partial charge in [0.1, 0.15) is 5.69 Å². The molecule has 0 saturated carbocycles. The van der Waals surface area contributed by atoms with Gasteiger partial charge >= 0.3 is 0 Å². The van der Waals surface area contributed by atoms with E-state index in [2.05, 4.69) is 25.8 Å². The van der Waals surface area contributed by atoms with Crippen LogP contribution in [0.1, 0.15) is 23.3 Å². The van der Waals surface area contributed by atoms with Gasteiger partial charge in [-0.25, -0.2) is 4.68 Å². The highest BCUT2D eigenvalue weighted by Crippen LogP contribution is 2.11. The summed E-state index contributed by atoms with van der Waals surface area (Å²) in [4.78, 5) is 24.0. The molecule has 0 radical (unpaired) electrons. The predicted molar refractivity (Wildman–Crippen MR) is 93.3 cm³/mol. The number of nitrogens with one attached hydrogen (secondary N) is 1. The lowest BCUT2D eigenvalue weighted by atomic mass is 10.2. The molecule has 9 nitrogen and oxygen atoms in total. The van der Waals surface area contributed by atoms with Gasteiger partial charge in [0, 0.05) is 24.7 Å². The number of nitrogens with zero attached hydrogens (tertiary/aromatic N) is 6. The van der Waals surface area contributed by atoms with Crippen LogP contribution in [0.25, 0.3) is 11.4 Å². The van der Waals surface area contributed by atoms with Crippen LogP contribution in [0.3, 0.4) is 0 Å². The van der Waals surface area contributed by atoms with Crippen LogP contribution in [0, 0.1) is 0 Å². The normalized spacial score (nSPS) is 10.7. The van der Waals surface area contributed by atoms with Crippen molar-refractivity contribution in [3.63, 3.8) is 0 Å². The first-order valence-electron chi connectivity index (χ1n) is 7.95. The lowest BCUT2D eigenvalue weighted by molar-refractivity contribution is -0.111. The molecule has 3 aromatic rings. The maximum absolute atomic E-state index is 12.0. The maximum Gasteiger partial charge on any atom is 0.271 e. The number of aromatic nitrogens is 6. The zero-order valence-corrected chi connectivity index (χ0v) is 14.5. The molecule has 0 spiro atoms. The van der Waals surface area contributed by atoms with E-state index in [1.54, 1.807) is 12.3 Å². The number of tetrazole rings is 1. The Kier molecular flexibility index (Phi) is 5.69. The fourth-order valence-corrected chi connectivity index (χ4v) is 2.35. The van der Waals surface area contributed by atoms with E-state index in [1.165, 1.54) is 9.48 Å². The van der Waals surface area contributed by atoms with Crippen LogP contribution in [-0.2, 0) is 11.5 Å². The molecule has 2 heterocycles. The summed E-state index contributed by atoms with van der Waals surface area (Å²) in [5.74, 6) is 0.201. The third-order valence-corrected chi connectivity index (χ3v) is 3.65. The van der Waals surface area contributed by atoms with Gasteiger partial charge in [0.2, 0.25) is 11.1 Å². The zero-order chi connectivity index (χ0) is 18.4. The summed E-state index contributed by atoms with van der Waals surface area (Å²) in [6.45, 7) is 0.586. The Morgan fingerprint density at radius 2 is 1.92 bits per heavy atom. The van der Waals surface area contributed by atoms with Gasteiger partial charge in [-0.3, -0.25) is 9.59 Å². The first-order valence-corrected chi connectivity index (χ1v) is 8.33. The molecule has 1 N–H and O–H groups in total. The molecule has 134 valence electrons. The minimum Gasteiger partial charge on any atom is -0.351 e. The summed E-state index contributed by atoms with van der Waals surface area (Å²) < 4.78 is 1.54. The number of carbonyl (C=O) groups excluding carboxylic acids is 2. The van der Waals surface area contributed by atoms with Crippen LogP contribution in [-0.4, -0.2) is 47.7 Å². The van der Waals surface area contributed by atoms with Gasteiger partial charge in [-0.2, -0.15) is 5.10 Å². The number of hydrogen-bond acceptors (Lipinski definition) is 6. The maximum atomic E-state index is 12.0. The van der Waals surface area contributed by atoms with Gasteiger partial charge < -0.3 is 5.32 Å². The number of rotatable bonds is 8. The van der Waals surface area contributed by atoms with Crippen LogP contribution in [0.15, 0.2) is 42.6 Å². The van der Waals surface area contributed by atoms with Crippen molar-refractivity contribution in [3.8, 4) is 11.4 Å². The SMILES string of the molecule is O=C(Cl)CCCNC(=O)c1ccn(Cn2nnc(-c3ccccc3)n2)n1. The molecule has 0 aliphatic carbocycles. The van der Waals surface area contributed by atoms with Crippen LogP contribution >= 0.6 is 11.6 Å². The molecular weight excluding hydrogens is 358 g/mol. The summed E-state index contributed by atoms with van der Waals surface area (Å²) in [6, 6.07) is 11.1. The number of halogens is 1. The second-order valence-electron chi connectivity index (χ2n) is 5.45. The largest absolute Gasteiger partial charge is 0.351 e. The summed E-state index contributed by atoms with van der Waals surface area (Å²) in [5, 5.41) is 18.7. The monoisotopic (exact) mass is 373 g/mol. The highest BCUT2D eigenvalue weighted by Gasteiger charge is 2.10. The summed E-state index contributed by atoms with van der Waals surface area (Å²) in [5.41, 5.74) is 1.14. The fourth-order valence-electron chi connectivity index (χ4n) is 2.22. The summed E-state index contributed by atoms with van der Waals surface area (Å²) in [6.07, 6.45) is 2.36. The van der Waals surface area contributed by atoms with Crippen molar-refractivity contribution < 1.29 is 9.59 Å². The van der Waals surface area contributed by atoms with Crippen molar-refractivity contribution >= 4 is 22.8 Å². The molecule has 1 aromatic carbocycles. The van der Waals surface area contributed by atoms with Gasteiger partial charge in [0.15, 0.2) is 6.67 Å². The van der Waals surface area contributed by atoms with Gasteiger partial charge in [-0.05, 0) is 29.3 Å². The van der Waals surface area contributed by atoms with E-state index in [-0.39, 0.29) is 24.7 Å². The Morgan fingerprint density at radius 3 is 2.69 bits per heavy atom. The molecule has 26 heavy (non-hydrogen) atoms. The number of amides is 1. The minimum absolute atomic E-state index is 0.220. The molecule has 0 fully saturated rings. The highest BCUT2D eigenvalue weighted by atomic mass is 35.5. The third kappa shape index (κ3) is 4.73. The predicted octanol–water partition coefficient (Wildman–Crippen LogP) is 1.32. The van der Waals surface area contributed by atoms with E-state index in [0.717, 1.165) is 5.56 Å². The van der Waals surface area contributed by atoms with E-state index in [0.29, 0.717) is 18.8 Å². The van der Waals surface area contributed by atoms with Crippen molar-refractivity contribution in [2.24, 2.45) is 0 Å². The Bertz CT molecular complexity index is 891. The second kappa shape index (κ2) is 8.34. The van der Waals surface area contributed by atoms with Gasteiger partial charge in [-0.15, -0.1) is 15.0 Å². The molecule has 0 saturated heterocycles. The Labute approximate surface area is 154 Å². The average Bonchev–Trinajstić information content (AvgIpc) is 3.29. The number of hydrogen-bond donors (Lipinski definition) is 1. The van der Waals surface area contributed by atoms with Crippen LogP contribution < -0.4 is 5.32 Å². The molecule has 10 heteroatoms. The van der Waals surface area contributed by atoms with Gasteiger partial charge in [-0.1, -0.05) is 30.3 Å². The molecular formula is C16H16ClN7O2. The van der Waals surface area contributed by atoms with E-state index < -0.39 is 5.24 Å². The molecule has 0 unspecified atom stereocenters. The highest BCUT2D eigenvalue weighted by molar-refractivity contribution is 6.63. The van der Waals surface area contributed by atoms with E-state index in [1.807, 2.05) is 30.3 Å². The van der Waals surface area contributed by atoms with Crippen molar-refractivity contribution in [2.75, 3.05) is 6.54 Å². The van der Waals surface area contributed by atoms with Crippen LogP contribution in [0.5, 0.6) is 0 Å². The standard InChI is InChI=1S/C16H16ClN7O2/c17-14(25)7-4-9-18-16(26)13-8-10-23(20-13)11-24-21-15(19-22-24)12-5-2-1-3-6-12/h1-3,5-6,8,10H,4,7,9,11H2,(H,18,26). The van der Waals surface area contributed by atoms with E-state index >= 15 is 0 Å². The molecule has 0 atom stereocenters. The zero-order valence-electron chi connectivity index (χ0n) is 13.7. The van der Waals surface area contributed by atoms with E-state index in [4.69, 9.17) is 11.6 Å². The molecule has 0 aliphatic heterocycles. The van der Waals surface area contributed by atoms with Crippen molar-refractivity contribution in [2.45, 2.75) is 19.5 Å². The van der Waals surface area contributed by atoms with Gasteiger partial charge in [0.25, 0.3) is 5.91 Å². The van der Waals surface area contributed by atoms with Gasteiger partial charge in [0.05, 0.1) is 0 Å². The van der Waals surface area contributed by atoms with Crippen LogP contribution in [0.2, 0.25) is 0 Å². The van der Waals surface area contributed by atoms with Crippen molar-refractivity contribution in [1.29, 1.82) is 0 Å². The smallest absolute Gasteiger partial charge is 0.271 e. The lowest BCUT2D eigenvalue weighted by Gasteiger charge is -2.02. The first kappa shape index (κ1) is 17.7. The Balaban J connectivity index is 1.56. The first-order chi connectivity index (χ1) is 12.6. The van der Waals surface area contributed by atoms with Crippen molar-refractivity contribution in [3.05, 3.63) is 48.3 Å². The van der Waals surface area contributed by atoms with Crippen LogP contribution in [0.4, 0.5) is 0 Å². The number of carbonyl (C=O) groups is 2. The number of benzene rings is 1.